The summed E-state index contributed by atoms with van der Waals surface area (Å²) in [7, 11) is -0.373. The molecule has 18 aromatic carbocycles. The predicted octanol–water partition coefficient (Wildman–Crippen LogP) is 30.1. The zero-order valence-electron chi connectivity index (χ0n) is 69.6. The molecule has 0 unspecified atom stereocenters. The zero-order chi connectivity index (χ0) is 83.2. The Morgan fingerprint density at radius 1 is 0.218 bits per heavy atom. The maximum atomic E-state index is 6.33. The van der Waals surface area contributed by atoms with Gasteiger partial charge >= 0.3 is 7.12 Å². The first kappa shape index (κ1) is 76.0. The summed E-state index contributed by atoms with van der Waals surface area (Å²) in [4.78, 5) is 0. The molecule has 0 amide bonds. The maximum Gasteiger partial charge on any atom is 0.494 e. The van der Waals surface area contributed by atoms with Crippen molar-refractivity contribution in [2.75, 3.05) is 0 Å². The van der Waals surface area contributed by atoms with Gasteiger partial charge in [0.05, 0.1) is 44.3 Å². The summed E-state index contributed by atoms with van der Waals surface area (Å²) >= 11 is 3.52. The predicted molar refractivity (Wildman–Crippen MR) is 524 cm³/mol. The van der Waals surface area contributed by atoms with E-state index in [0.29, 0.717) is 0 Å². The van der Waals surface area contributed by atoms with Gasteiger partial charge in [-0.1, -0.05) is 325 Å². The van der Waals surface area contributed by atoms with Crippen LogP contribution in [-0.4, -0.2) is 32.0 Å². The molecule has 124 heavy (non-hydrogen) atoms. The maximum absolute atomic E-state index is 6.33. The van der Waals surface area contributed by atoms with Crippen LogP contribution in [0.5, 0.6) is 0 Å². The summed E-state index contributed by atoms with van der Waals surface area (Å²) in [6, 6.07) is 152. The molecule has 0 radical (unpaired) electrons. The third kappa shape index (κ3) is 13.8. The first-order valence-electron chi connectivity index (χ1n) is 43.1. The average Bonchev–Trinajstić information content (AvgIpc) is 1.58. The third-order valence-corrected chi connectivity index (χ3v) is 26.8. The molecule has 0 N–H and O–H groups in total. The van der Waals surface area contributed by atoms with Crippen LogP contribution in [0.15, 0.2) is 423 Å². The van der Waals surface area contributed by atoms with Crippen LogP contribution in [0, 0.1) is 0 Å². The molecular weight excluding hydrogens is 1570 g/mol. The van der Waals surface area contributed by atoms with Crippen molar-refractivity contribution in [3.63, 3.8) is 0 Å². The normalized spacial score (nSPS) is 13.5. The minimum absolute atomic E-state index is 0.360. The highest BCUT2D eigenvalue weighted by Gasteiger charge is 2.52. The summed E-state index contributed by atoms with van der Waals surface area (Å²) < 4.78 is 20.9. The Morgan fingerprint density at radius 2 is 0.484 bits per heavy atom. The molecule has 3 aliphatic carbocycles. The van der Waals surface area contributed by atoms with Crippen LogP contribution < -0.4 is 5.46 Å². The van der Waals surface area contributed by atoms with Gasteiger partial charge in [-0.15, -0.1) is 0 Å². The number of benzene rings is 18. The highest BCUT2D eigenvalue weighted by atomic mass is 79.9. The quantitative estimate of drug-likeness (QED) is 0.135. The van der Waals surface area contributed by atoms with Gasteiger partial charge in [0.25, 0.3) is 0 Å². The van der Waals surface area contributed by atoms with Crippen molar-refractivity contribution in [3.05, 3.63) is 456 Å². The van der Waals surface area contributed by atoms with E-state index in [1.807, 2.05) is 6.07 Å². The molecule has 0 atom stereocenters. The topological polar surface area (TPSA) is 33.2 Å². The molecule has 3 aromatic heterocycles. The highest BCUT2D eigenvalue weighted by Crippen LogP contribution is 2.46. The van der Waals surface area contributed by atoms with Crippen LogP contribution in [0.3, 0.4) is 0 Å². The Morgan fingerprint density at radius 3 is 0.863 bits per heavy atom. The lowest BCUT2D eigenvalue weighted by Crippen LogP contribution is -2.41. The van der Waals surface area contributed by atoms with Gasteiger partial charge in [0.2, 0.25) is 0 Å². The second-order valence-electron chi connectivity index (χ2n) is 34.2. The molecule has 0 bridgehead atoms. The van der Waals surface area contributed by atoms with Crippen LogP contribution in [-0.2, 0) is 28.6 Å². The van der Waals surface area contributed by atoms with E-state index >= 15 is 0 Å². The molecule has 1 fully saturated rings. The van der Waals surface area contributed by atoms with Crippen LogP contribution in [0.25, 0.3) is 171 Å². The smallest absolute Gasteiger partial charge is 0.399 e. The van der Waals surface area contributed by atoms with Gasteiger partial charge < -0.3 is 23.0 Å². The van der Waals surface area contributed by atoms with E-state index < -0.39 is 0 Å². The average molecular weight is 1660 g/mol. The Labute approximate surface area is 732 Å². The van der Waals surface area contributed by atoms with Gasteiger partial charge in [0, 0.05) is 53.9 Å². The van der Waals surface area contributed by atoms with E-state index in [1.165, 1.54) is 199 Å². The molecule has 0 saturated carbocycles. The summed E-state index contributed by atoms with van der Waals surface area (Å²) in [6.45, 7) is 8.38. The highest BCUT2D eigenvalue weighted by molar-refractivity contribution is 9.10. The van der Waals surface area contributed by atoms with Gasteiger partial charge in [-0.3, -0.25) is 0 Å². The van der Waals surface area contributed by atoms with Crippen molar-refractivity contribution in [1.29, 1.82) is 0 Å². The molecule has 7 heteroatoms. The number of para-hydroxylation sites is 3. The van der Waals surface area contributed by atoms with Crippen LogP contribution in [0.1, 0.15) is 61.1 Å². The van der Waals surface area contributed by atoms with Crippen molar-refractivity contribution < 1.29 is 9.31 Å². The van der Waals surface area contributed by atoms with Gasteiger partial charge in [0.15, 0.2) is 0 Å². The molecule has 25 rings (SSSR count). The fourth-order valence-corrected chi connectivity index (χ4v) is 19.6. The van der Waals surface area contributed by atoms with Crippen molar-refractivity contribution >= 4 is 93.9 Å². The molecule has 1 saturated heterocycles. The minimum Gasteiger partial charge on any atom is -0.399 e. The molecule has 592 valence electrons. The van der Waals surface area contributed by atoms with Crippen LogP contribution in [0.2, 0.25) is 0 Å². The molecule has 4 heterocycles. The number of halogens is 1. The Hall–Kier alpha value is -14.2. The number of hydrogen-bond acceptors (Lipinski definition) is 2. The summed E-state index contributed by atoms with van der Waals surface area (Å²) in [5, 5.41) is 7.56. The number of nitrogens with zero attached hydrogens (tertiary/aromatic N) is 3. The van der Waals surface area contributed by atoms with Crippen molar-refractivity contribution in [2.45, 2.75) is 58.2 Å². The second kappa shape index (κ2) is 31.4. The molecule has 21 aromatic rings. The first-order chi connectivity index (χ1) is 60.8. The van der Waals surface area contributed by atoms with E-state index in [-0.39, 0.29) is 18.3 Å². The summed E-state index contributed by atoms with van der Waals surface area (Å²) in [5.41, 5.74) is 40.4. The zero-order valence-corrected chi connectivity index (χ0v) is 71.2. The monoisotopic (exact) mass is 1660 g/mol. The van der Waals surface area contributed by atoms with Gasteiger partial charge in [0.1, 0.15) is 0 Å². The van der Waals surface area contributed by atoms with Crippen LogP contribution >= 0.6 is 15.9 Å². The fourth-order valence-electron chi connectivity index (χ4n) is 19.3. The Kier molecular flexibility index (Phi) is 19.2. The Balaban J connectivity index is 0.000000102. The molecule has 5 nitrogen and oxygen atoms in total. The molecular formula is C117H87BBrN3O2. The van der Waals surface area contributed by atoms with Crippen molar-refractivity contribution in [2.24, 2.45) is 0 Å². The van der Waals surface area contributed by atoms with E-state index in [0.717, 1.165) is 34.9 Å². The number of hydrogen-bond donors (Lipinski definition) is 0. The first-order valence-corrected chi connectivity index (χ1v) is 43.9. The summed E-state index contributed by atoms with van der Waals surface area (Å²) in [5.74, 6) is 0. The second-order valence-corrected chi connectivity index (χ2v) is 35.1. The van der Waals surface area contributed by atoms with Gasteiger partial charge in [-0.05, 0) is 284 Å². The third-order valence-electron chi connectivity index (χ3n) is 26.3. The van der Waals surface area contributed by atoms with Gasteiger partial charge in [-0.25, -0.2) is 0 Å². The minimum atomic E-state index is -0.373. The lowest BCUT2D eigenvalue weighted by atomic mass is 9.78. The fraction of sp³-hybridized carbons (Fsp3) is 0.0769. The van der Waals surface area contributed by atoms with E-state index in [4.69, 9.17) is 9.31 Å². The molecule has 1 aliphatic heterocycles. The van der Waals surface area contributed by atoms with E-state index in [1.54, 1.807) is 0 Å². The largest absolute Gasteiger partial charge is 0.494 e. The van der Waals surface area contributed by atoms with Crippen LogP contribution in [0.4, 0.5) is 0 Å². The SMILES string of the molecule is Brc1ccc2c(c1)-c1ccccc1C2.CC1(C)OB(c2ccc3c(c2)c2ccccc2n3-c2ccc(-c3ccccc3)cc2)OC1(C)C.c1ccc(-c2ccc(-n3c4ccccc4c4cc(-c5ccc6c(c5)-c5ccccc5C6)ccc43)cc2)cc1.c1ccc(-c2ccc(-n3c4ccccc4c4cc(-c5ccc6c(c5)-c5ccccc5C6)ccc43)cc2)cc1. The lowest BCUT2D eigenvalue weighted by molar-refractivity contribution is 0.00578. The van der Waals surface area contributed by atoms with Crippen molar-refractivity contribution in [3.8, 4) is 106 Å². The van der Waals surface area contributed by atoms with Gasteiger partial charge in [-0.2, -0.15) is 0 Å². The lowest BCUT2D eigenvalue weighted by Gasteiger charge is -2.32. The van der Waals surface area contributed by atoms with E-state index in [2.05, 4.69) is 470 Å². The summed E-state index contributed by atoms with van der Waals surface area (Å²) in [6.07, 6.45) is 3.14. The number of aromatic nitrogens is 3. The number of rotatable bonds is 9. The van der Waals surface area contributed by atoms with E-state index in [9.17, 15) is 0 Å². The molecule has 0 spiro atoms. The molecule has 4 aliphatic rings. The number of fused-ring (bicyclic) bond motifs is 18. The standard InChI is InChI=1S/2C37H25N.C30H28BNO2.C13H9Br/c2*1-2-8-25(9-3-1)26-16-19-31(20-17-26)38-36-13-7-6-12-33(36)35-24-28(18-21-37(35)38)27-14-15-30-22-29-10-4-5-11-32(29)34(30)23-27;1-29(2)30(3,4)34-31(33-29)23-16-19-28-26(20-23)25-12-8-9-13-27(25)32(28)24-17-14-22(15-18-24)21-10-6-5-7-11-21;14-11-6-5-10-7-9-3-1-2-4-12(9)13(10)8-11/h2*1-21,23-24H,22H2;5-20H,1-4H3;1-6,8H,7H2. The van der Waals surface area contributed by atoms with Crippen molar-refractivity contribution in [1.82, 2.24) is 13.7 Å². The Bertz CT molecular complexity index is 7380.